The van der Waals surface area contributed by atoms with Crippen molar-refractivity contribution in [3.05, 3.63) is 102 Å². The molecule has 1 saturated heterocycles. The van der Waals surface area contributed by atoms with Crippen LogP contribution in [-0.4, -0.2) is 23.8 Å². The summed E-state index contributed by atoms with van der Waals surface area (Å²) in [4.78, 5) is 52.8. The summed E-state index contributed by atoms with van der Waals surface area (Å²) in [5.41, 5.74) is 0.752. The van der Waals surface area contributed by atoms with E-state index in [-0.39, 0.29) is 52.4 Å². The van der Waals surface area contributed by atoms with Gasteiger partial charge in [0, 0.05) is 0 Å². The lowest BCUT2D eigenvalue weighted by atomic mass is 9.85. The predicted octanol–water partition coefficient (Wildman–Crippen LogP) is 4.44. The van der Waals surface area contributed by atoms with Crippen molar-refractivity contribution in [1.82, 2.24) is 0 Å². The molecule has 3 aromatic carbocycles. The van der Waals surface area contributed by atoms with E-state index in [0.29, 0.717) is 11.4 Å². The number of ether oxygens (including phenoxy) is 2. The molecular formula is C29H21NO6. The van der Waals surface area contributed by atoms with Crippen molar-refractivity contribution in [2.45, 2.75) is 6.42 Å². The minimum atomic E-state index is -0.681. The molecule has 2 amide bonds. The van der Waals surface area contributed by atoms with E-state index in [1.165, 1.54) is 29.2 Å². The van der Waals surface area contributed by atoms with Gasteiger partial charge in [-0.2, -0.15) is 0 Å². The molecule has 2 aliphatic carbocycles. The number of hydrogen-bond donors (Lipinski definition) is 0. The van der Waals surface area contributed by atoms with E-state index in [1.54, 1.807) is 54.6 Å². The molecular weight excluding hydrogens is 458 g/mol. The minimum Gasteiger partial charge on any atom is -0.423 e. The molecule has 3 aliphatic rings. The van der Waals surface area contributed by atoms with Crippen LogP contribution in [-0.2, 0) is 9.59 Å². The Labute approximate surface area is 206 Å². The molecule has 1 heterocycles. The highest BCUT2D eigenvalue weighted by atomic mass is 16.5. The van der Waals surface area contributed by atoms with Gasteiger partial charge >= 0.3 is 11.9 Å². The standard InChI is InChI=1S/C29H21NO6/c31-26-24-18-10-11-19(16-18)25(24)27(32)30(26)20-14-12-17(13-15-20)28(33)36-23-9-5-4-8-22(23)29(34)35-21-6-2-1-3-7-21/h1-15,18-19,24-25H,16H2/t18-,19-,24-,25-/m0/s1. The number of esters is 2. The second kappa shape index (κ2) is 8.61. The van der Waals surface area contributed by atoms with Gasteiger partial charge in [-0.05, 0) is 66.8 Å². The molecule has 7 heteroatoms. The SMILES string of the molecule is O=C(Oc1ccccc1C(=O)Oc1ccccc1)c1ccc(N2C(=O)[C@@H]3[C@@H](C2=O)[C@H]2C=C[C@H]3C2)cc1. The third-order valence-electron chi connectivity index (χ3n) is 7.09. The number of para-hydroxylation sites is 2. The van der Waals surface area contributed by atoms with Crippen molar-refractivity contribution < 1.29 is 28.7 Å². The summed E-state index contributed by atoms with van der Waals surface area (Å²) in [6.45, 7) is 0. The Morgan fingerprint density at radius 3 is 1.97 bits per heavy atom. The number of carbonyl (C=O) groups is 4. The van der Waals surface area contributed by atoms with Crippen LogP contribution in [0.4, 0.5) is 5.69 Å². The van der Waals surface area contributed by atoms with Crippen LogP contribution in [0.15, 0.2) is 91.0 Å². The first-order valence-corrected chi connectivity index (χ1v) is 11.8. The highest BCUT2D eigenvalue weighted by Gasteiger charge is 2.59. The van der Waals surface area contributed by atoms with E-state index >= 15 is 0 Å². The number of hydrogen-bond acceptors (Lipinski definition) is 6. The Kier molecular flexibility index (Phi) is 5.25. The largest absolute Gasteiger partial charge is 0.423 e. The van der Waals surface area contributed by atoms with E-state index in [0.717, 1.165) is 6.42 Å². The van der Waals surface area contributed by atoms with Crippen LogP contribution in [0.2, 0.25) is 0 Å². The average Bonchev–Trinajstić information content (AvgIpc) is 3.58. The molecule has 2 bridgehead atoms. The molecule has 6 rings (SSSR count). The molecule has 0 unspecified atom stereocenters. The number of imide groups is 1. The summed E-state index contributed by atoms with van der Waals surface area (Å²) in [7, 11) is 0. The molecule has 2 fully saturated rings. The summed E-state index contributed by atoms with van der Waals surface area (Å²) < 4.78 is 10.9. The van der Waals surface area contributed by atoms with E-state index in [4.69, 9.17) is 9.47 Å². The van der Waals surface area contributed by atoms with E-state index < -0.39 is 11.9 Å². The first-order chi connectivity index (χ1) is 17.5. The van der Waals surface area contributed by atoms with Crippen molar-refractivity contribution in [3.8, 4) is 11.5 Å². The Bertz CT molecular complexity index is 1380. The number of anilines is 1. The Hall–Kier alpha value is -4.52. The summed E-state index contributed by atoms with van der Waals surface area (Å²) in [5.74, 6) is -1.57. The topological polar surface area (TPSA) is 90.0 Å². The van der Waals surface area contributed by atoms with Gasteiger partial charge in [-0.3, -0.25) is 14.5 Å². The van der Waals surface area contributed by atoms with Gasteiger partial charge < -0.3 is 9.47 Å². The fraction of sp³-hybridized carbons (Fsp3) is 0.172. The van der Waals surface area contributed by atoms with Crippen molar-refractivity contribution in [2.24, 2.45) is 23.7 Å². The Morgan fingerprint density at radius 1 is 0.694 bits per heavy atom. The molecule has 1 saturated carbocycles. The molecule has 7 nitrogen and oxygen atoms in total. The van der Waals surface area contributed by atoms with Crippen molar-refractivity contribution in [3.63, 3.8) is 0 Å². The Morgan fingerprint density at radius 2 is 1.31 bits per heavy atom. The van der Waals surface area contributed by atoms with Crippen LogP contribution in [0.3, 0.4) is 0 Å². The van der Waals surface area contributed by atoms with Crippen molar-refractivity contribution in [1.29, 1.82) is 0 Å². The lowest BCUT2D eigenvalue weighted by molar-refractivity contribution is -0.123. The highest BCUT2D eigenvalue weighted by molar-refractivity contribution is 6.22. The van der Waals surface area contributed by atoms with Gasteiger partial charge in [-0.25, -0.2) is 9.59 Å². The first kappa shape index (κ1) is 22.0. The molecule has 0 N–H and O–H groups in total. The van der Waals surface area contributed by atoms with Gasteiger partial charge in [-0.1, -0.05) is 42.5 Å². The van der Waals surface area contributed by atoms with Gasteiger partial charge in [0.05, 0.1) is 23.1 Å². The zero-order chi connectivity index (χ0) is 24.8. The molecule has 36 heavy (non-hydrogen) atoms. The Balaban J connectivity index is 1.17. The number of fused-ring (bicyclic) bond motifs is 5. The third-order valence-corrected chi connectivity index (χ3v) is 7.09. The van der Waals surface area contributed by atoms with E-state index in [9.17, 15) is 19.2 Å². The van der Waals surface area contributed by atoms with Crippen LogP contribution in [0.1, 0.15) is 27.1 Å². The smallest absolute Gasteiger partial charge is 0.347 e. The quantitative estimate of drug-likeness (QED) is 0.233. The maximum absolute atomic E-state index is 13.0. The zero-order valence-corrected chi connectivity index (χ0v) is 19.1. The monoisotopic (exact) mass is 479 g/mol. The van der Waals surface area contributed by atoms with Crippen LogP contribution >= 0.6 is 0 Å². The normalized spacial score (nSPS) is 23.6. The van der Waals surface area contributed by atoms with Gasteiger partial charge in [0.1, 0.15) is 17.1 Å². The third kappa shape index (κ3) is 3.60. The second-order valence-corrected chi connectivity index (χ2v) is 9.15. The van der Waals surface area contributed by atoms with Gasteiger partial charge in [-0.15, -0.1) is 0 Å². The number of allylic oxidation sites excluding steroid dienone is 2. The summed E-state index contributed by atoms with van der Waals surface area (Å²) in [5, 5.41) is 0. The number of benzene rings is 3. The number of rotatable bonds is 5. The summed E-state index contributed by atoms with van der Waals surface area (Å²) in [6.07, 6.45) is 4.96. The molecule has 0 aromatic heterocycles. The molecule has 3 aromatic rings. The molecule has 4 atom stereocenters. The van der Waals surface area contributed by atoms with E-state index in [2.05, 4.69) is 0 Å². The van der Waals surface area contributed by atoms with Gasteiger partial charge in [0.15, 0.2) is 0 Å². The minimum absolute atomic E-state index is 0.0632. The predicted molar refractivity (Wildman–Crippen MR) is 129 cm³/mol. The molecule has 0 spiro atoms. The van der Waals surface area contributed by atoms with Crippen LogP contribution < -0.4 is 14.4 Å². The molecule has 178 valence electrons. The van der Waals surface area contributed by atoms with Gasteiger partial charge in [0.25, 0.3) is 0 Å². The zero-order valence-electron chi connectivity index (χ0n) is 19.1. The van der Waals surface area contributed by atoms with Crippen molar-refractivity contribution in [2.75, 3.05) is 4.90 Å². The summed E-state index contributed by atoms with van der Waals surface area (Å²) in [6, 6.07) is 21.1. The molecule has 1 aliphatic heterocycles. The van der Waals surface area contributed by atoms with Crippen LogP contribution in [0, 0.1) is 23.7 Å². The molecule has 0 radical (unpaired) electrons. The second-order valence-electron chi connectivity index (χ2n) is 9.15. The summed E-state index contributed by atoms with van der Waals surface area (Å²) >= 11 is 0. The fourth-order valence-corrected chi connectivity index (χ4v) is 5.44. The number of carbonyl (C=O) groups excluding carboxylic acids is 4. The number of amides is 2. The highest BCUT2D eigenvalue weighted by Crippen LogP contribution is 2.53. The fourth-order valence-electron chi connectivity index (χ4n) is 5.44. The lowest BCUT2D eigenvalue weighted by Crippen LogP contribution is -2.32. The van der Waals surface area contributed by atoms with Crippen LogP contribution in [0.5, 0.6) is 11.5 Å². The van der Waals surface area contributed by atoms with Gasteiger partial charge in [0.2, 0.25) is 11.8 Å². The lowest BCUT2D eigenvalue weighted by Gasteiger charge is -2.17. The maximum atomic E-state index is 13.0. The van der Waals surface area contributed by atoms with Crippen molar-refractivity contribution >= 4 is 29.4 Å². The van der Waals surface area contributed by atoms with E-state index in [1.807, 2.05) is 12.2 Å². The van der Waals surface area contributed by atoms with Crippen LogP contribution in [0.25, 0.3) is 0 Å². The maximum Gasteiger partial charge on any atom is 0.347 e. The first-order valence-electron chi connectivity index (χ1n) is 11.8. The number of nitrogens with zero attached hydrogens (tertiary/aromatic N) is 1. The average molecular weight is 479 g/mol.